The van der Waals surface area contributed by atoms with Gasteiger partial charge in [0, 0.05) is 6.61 Å². The molecule has 0 saturated carbocycles. The molecule has 1 rings (SSSR count). The topological polar surface area (TPSA) is 68.3 Å². The highest BCUT2D eigenvalue weighted by Crippen LogP contribution is 2.29. The van der Waals surface area contributed by atoms with Crippen LogP contribution in [0, 0.1) is 14.9 Å². The molecule has 2 N–H and O–H groups in total. The SMILES string of the molecule is CCOCCOc1c(N)cc(C#N)cc1I. The number of nitrogens with zero attached hydrogens (tertiary/aromatic N) is 1. The number of ether oxygens (including phenoxy) is 2. The third-order valence-electron chi connectivity index (χ3n) is 1.88. The number of rotatable bonds is 5. The van der Waals surface area contributed by atoms with Crippen molar-refractivity contribution in [3.05, 3.63) is 21.3 Å². The average molecular weight is 332 g/mol. The number of nitrogen functional groups attached to an aromatic ring is 1. The summed E-state index contributed by atoms with van der Waals surface area (Å²) in [6.07, 6.45) is 0. The molecule has 0 fully saturated rings. The van der Waals surface area contributed by atoms with Crippen molar-refractivity contribution in [1.29, 1.82) is 5.26 Å². The van der Waals surface area contributed by atoms with Crippen molar-refractivity contribution in [3.8, 4) is 11.8 Å². The number of hydrogen-bond donors (Lipinski definition) is 1. The predicted octanol–water partition coefficient (Wildman–Crippen LogP) is 2.16. The lowest BCUT2D eigenvalue weighted by molar-refractivity contribution is 0.110. The summed E-state index contributed by atoms with van der Waals surface area (Å²) in [4.78, 5) is 0. The molecule has 0 heterocycles. The number of benzene rings is 1. The second kappa shape index (κ2) is 6.55. The van der Waals surface area contributed by atoms with Crippen molar-refractivity contribution in [1.82, 2.24) is 0 Å². The van der Waals surface area contributed by atoms with Crippen molar-refractivity contribution in [2.45, 2.75) is 6.92 Å². The van der Waals surface area contributed by atoms with Crippen LogP contribution in [0.3, 0.4) is 0 Å². The van der Waals surface area contributed by atoms with Crippen LogP contribution >= 0.6 is 22.6 Å². The molecule has 0 aromatic heterocycles. The van der Waals surface area contributed by atoms with Crippen LogP contribution in [0.15, 0.2) is 12.1 Å². The highest BCUT2D eigenvalue weighted by atomic mass is 127. The standard InChI is InChI=1S/C11H13IN2O2/c1-2-15-3-4-16-11-9(12)5-8(7-13)6-10(11)14/h5-6H,2-4,14H2,1H3. The monoisotopic (exact) mass is 332 g/mol. The maximum atomic E-state index is 8.75. The van der Waals surface area contributed by atoms with Crippen LogP contribution in [-0.4, -0.2) is 19.8 Å². The predicted molar refractivity (Wildman–Crippen MR) is 70.3 cm³/mol. The van der Waals surface area contributed by atoms with E-state index < -0.39 is 0 Å². The Morgan fingerprint density at radius 2 is 2.19 bits per heavy atom. The van der Waals surface area contributed by atoms with E-state index in [-0.39, 0.29) is 0 Å². The fourth-order valence-corrected chi connectivity index (χ4v) is 1.98. The number of hydrogen-bond acceptors (Lipinski definition) is 4. The average Bonchev–Trinajstić information content (AvgIpc) is 2.26. The van der Waals surface area contributed by atoms with Crippen LogP contribution in [0.2, 0.25) is 0 Å². The summed E-state index contributed by atoms with van der Waals surface area (Å²) in [5, 5.41) is 8.75. The molecule has 0 aliphatic rings. The van der Waals surface area contributed by atoms with Crippen LogP contribution in [0.4, 0.5) is 5.69 Å². The van der Waals surface area contributed by atoms with Crippen molar-refractivity contribution in [3.63, 3.8) is 0 Å². The first-order valence-corrected chi connectivity index (χ1v) is 5.96. The van der Waals surface area contributed by atoms with Gasteiger partial charge in [-0.1, -0.05) is 0 Å². The molecule has 0 amide bonds. The maximum Gasteiger partial charge on any atom is 0.155 e. The minimum Gasteiger partial charge on any atom is -0.488 e. The lowest BCUT2D eigenvalue weighted by atomic mass is 10.2. The molecule has 0 aliphatic heterocycles. The Morgan fingerprint density at radius 1 is 1.44 bits per heavy atom. The summed E-state index contributed by atoms with van der Waals surface area (Å²) in [7, 11) is 0. The summed E-state index contributed by atoms with van der Waals surface area (Å²) >= 11 is 2.10. The molecule has 0 spiro atoms. The smallest absolute Gasteiger partial charge is 0.155 e. The minimum absolute atomic E-state index is 0.458. The zero-order valence-electron chi connectivity index (χ0n) is 9.00. The third kappa shape index (κ3) is 3.54. The second-order valence-corrected chi connectivity index (χ2v) is 4.20. The van der Waals surface area contributed by atoms with E-state index in [9.17, 15) is 0 Å². The number of anilines is 1. The molecule has 86 valence electrons. The van der Waals surface area contributed by atoms with Gasteiger partial charge in [0.15, 0.2) is 5.75 Å². The highest BCUT2D eigenvalue weighted by molar-refractivity contribution is 14.1. The van der Waals surface area contributed by atoms with Crippen molar-refractivity contribution in [2.75, 3.05) is 25.6 Å². The van der Waals surface area contributed by atoms with Gasteiger partial charge < -0.3 is 15.2 Å². The van der Waals surface area contributed by atoms with Crippen molar-refractivity contribution < 1.29 is 9.47 Å². The molecule has 0 atom stereocenters. The Hall–Kier alpha value is -1.00. The third-order valence-corrected chi connectivity index (χ3v) is 2.68. The fraction of sp³-hybridized carbons (Fsp3) is 0.364. The van der Waals surface area contributed by atoms with Crippen LogP contribution in [0.1, 0.15) is 12.5 Å². The van der Waals surface area contributed by atoms with Gasteiger partial charge in [0.2, 0.25) is 0 Å². The lowest BCUT2D eigenvalue weighted by Gasteiger charge is -2.11. The summed E-state index contributed by atoms with van der Waals surface area (Å²) < 4.78 is 11.5. The molecule has 0 saturated heterocycles. The van der Waals surface area contributed by atoms with Crippen LogP contribution in [0.25, 0.3) is 0 Å². The van der Waals surface area contributed by atoms with Gasteiger partial charge in [-0.15, -0.1) is 0 Å². The molecule has 1 aromatic carbocycles. The zero-order chi connectivity index (χ0) is 12.0. The number of nitrogens with two attached hydrogens (primary N) is 1. The Kier molecular flexibility index (Phi) is 5.35. The molecule has 5 heteroatoms. The van der Waals surface area contributed by atoms with E-state index in [1.807, 2.05) is 13.0 Å². The molecule has 0 aliphatic carbocycles. The van der Waals surface area contributed by atoms with Gasteiger partial charge in [-0.2, -0.15) is 5.26 Å². The van der Waals surface area contributed by atoms with Gasteiger partial charge in [-0.3, -0.25) is 0 Å². The second-order valence-electron chi connectivity index (χ2n) is 3.03. The highest BCUT2D eigenvalue weighted by Gasteiger charge is 2.08. The van der Waals surface area contributed by atoms with Crippen LogP contribution in [-0.2, 0) is 4.74 Å². The quantitative estimate of drug-likeness (QED) is 0.510. The Balaban J connectivity index is 2.70. The molecule has 4 nitrogen and oxygen atoms in total. The fourth-order valence-electron chi connectivity index (χ4n) is 1.18. The molecule has 0 bridgehead atoms. The largest absolute Gasteiger partial charge is 0.488 e. The summed E-state index contributed by atoms with van der Waals surface area (Å²) in [6.45, 7) is 3.59. The van der Waals surface area contributed by atoms with E-state index in [0.717, 1.165) is 3.57 Å². The van der Waals surface area contributed by atoms with Gasteiger partial charge >= 0.3 is 0 Å². The van der Waals surface area contributed by atoms with Crippen LogP contribution < -0.4 is 10.5 Å². The molecule has 16 heavy (non-hydrogen) atoms. The molecule has 0 unspecified atom stereocenters. The van der Waals surface area contributed by atoms with Gasteiger partial charge in [0.25, 0.3) is 0 Å². The van der Waals surface area contributed by atoms with Crippen molar-refractivity contribution >= 4 is 28.3 Å². The first-order chi connectivity index (χ1) is 7.69. The van der Waals surface area contributed by atoms with Crippen molar-refractivity contribution in [2.24, 2.45) is 0 Å². The van der Waals surface area contributed by atoms with Gasteiger partial charge in [-0.25, -0.2) is 0 Å². The lowest BCUT2D eigenvalue weighted by Crippen LogP contribution is -2.08. The van der Waals surface area contributed by atoms with Gasteiger partial charge in [0.05, 0.1) is 27.5 Å². The van der Waals surface area contributed by atoms with Gasteiger partial charge in [-0.05, 0) is 41.6 Å². The molecule has 0 radical (unpaired) electrons. The number of halogens is 1. The van der Waals surface area contributed by atoms with Crippen LogP contribution in [0.5, 0.6) is 5.75 Å². The first-order valence-electron chi connectivity index (χ1n) is 4.88. The number of nitriles is 1. The zero-order valence-corrected chi connectivity index (χ0v) is 11.2. The van der Waals surface area contributed by atoms with E-state index in [2.05, 4.69) is 22.6 Å². The molecular formula is C11H13IN2O2. The maximum absolute atomic E-state index is 8.75. The first kappa shape index (κ1) is 13.1. The Labute approximate surface area is 108 Å². The molecule has 1 aromatic rings. The van der Waals surface area contributed by atoms with E-state index in [1.54, 1.807) is 12.1 Å². The summed E-state index contributed by atoms with van der Waals surface area (Å²) in [5.41, 5.74) is 6.82. The Morgan fingerprint density at radius 3 is 2.75 bits per heavy atom. The van der Waals surface area contributed by atoms with E-state index in [1.165, 1.54) is 0 Å². The van der Waals surface area contributed by atoms with E-state index in [4.69, 9.17) is 20.5 Å². The molecular weight excluding hydrogens is 319 g/mol. The summed E-state index contributed by atoms with van der Waals surface area (Å²) in [6, 6.07) is 5.40. The normalized spacial score (nSPS) is 9.81. The van der Waals surface area contributed by atoms with E-state index >= 15 is 0 Å². The Bertz CT molecular complexity index is 378. The minimum atomic E-state index is 0.458. The summed E-state index contributed by atoms with van der Waals surface area (Å²) in [5.74, 6) is 0.624. The van der Waals surface area contributed by atoms with Gasteiger partial charge in [0.1, 0.15) is 6.61 Å². The van der Waals surface area contributed by atoms with E-state index in [0.29, 0.717) is 36.8 Å².